The van der Waals surface area contributed by atoms with Gasteiger partial charge in [0.25, 0.3) is 0 Å². The van der Waals surface area contributed by atoms with Crippen LogP contribution in [0.2, 0.25) is 0 Å². The van der Waals surface area contributed by atoms with Gasteiger partial charge in [0.15, 0.2) is 5.82 Å². The molecule has 39 heavy (non-hydrogen) atoms. The summed E-state index contributed by atoms with van der Waals surface area (Å²) in [7, 11) is 3.32. The molecule has 202 valence electrons. The van der Waals surface area contributed by atoms with Gasteiger partial charge in [0.1, 0.15) is 28.2 Å². The average molecular weight is 560 g/mol. The van der Waals surface area contributed by atoms with Crippen molar-refractivity contribution in [3.05, 3.63) is 41.0 Å². The molecule has 2 saturated heterocycles. The third-order valence-corrected chi connectivity index (χ3v) is 8.35. The number of nitriles is 1. The van der Waals surface area contributed by atoms with Crippen LogP contribution in [0.4, 0.5) is 38.7 Å². The first-order valence-electron chi connectivity index (χ1n) is 12.2. The number of nitrogen functional groups attached to an aromatic ring is 1. The highest BCUT2D eigenvalue weighted by Crippen LogP contribution is 2.48. The summed E-state index contributed by atoms with van der Waals surface area (Å²) < 4.78 is 74.9. The van der Waals surface area contributed by atoms with Crippen molar-refractivity contribution in [2.45, 2.75) is 31.1 Å². The molecule has 4 heterocycles. The molecular weight excluding hydrogens is 537 g/mol. The topological polar surface area (TPSA) is 94.1 Å². The second-order valence-electron chi connectivity index (χ2n) is 10.0. The molecule has 2 aliphatic heterocycles. The molecule has 0 spiro atoms. The molecule has 0 aliphatic carbocycles. The van der Waals surface area contributed by atoms with Gasteiger partial charge in [0, 0.05) is 55.6 Å². The molecule has 2 fully saturated rings. The van der Waals surface area contributed by atoms with Gasteiger partial charge in [-0.3, -0.25) is 0 Å². The zero-order chi connectivity index (χ0) is 27.8. The van der Waals surface area contributed by atoms with Crippen LogP contribution in [0.3, 0.4) is 0 Å². The number of rotatable bonds is 3. The second-order valence-corrected chi connectivity index (χ2v) is 11.1. The molecule has 2 aromatic carbocycles. The number of hydrogen-bond acceptors (Lipinski definition) is 8. The molecule has 2 aliphatic rings. The molecule has 6 rings (SSSR count). The Morgan fingerprint density at radius 3 is 2.46 bits per heavy atom. The Morgan fingerprint density at radius 2 is 1.85 bits per heavy atom. The van der Waals surface area contributed by atoms with Gasteiger partial charge in [-0.1, -0.05) is 6.07 Å². The van der Waals surface area contributed by atoms with Crippen molar-refractivity contribution >= 4 is 49.1 Å². The van der Waals surface area contributed by atoms with E-state index >= 15 is 4.39 Å². The van der Waals surface area contributed by atoms with Gasteiger partial charge in [-0.2, -0.15) is 23.4 Å². The molecule has 2 atom stereocenters. The van der Waals surface area contributed by atoms with Gasteiger partial charge < -0.3 is 20.9 Å². The maximum atomic E-state index is 16.5. The molecule has 0 radical (unpaired) electrons. The van der Waals surface area contributed by atoms with Gasteiger partial charge >= 0.3 is 6.18 Å². The first-order chi connectivity index (χ1) is 18.5. The normalized spacial score (nSPS) is 19.2. The lowest BCUT2D eigenvalue weighted by atomic mass is 9.92. The molecule has 3 N–H and O–H groups in total. The van der Waals surface area contributed by atoms with Gasteiger partial charge in [-0.25, -0.2) is 13.8 Å². The molecule has 13 heteroatoms. The van der Waals surface area contributed by atoms with Crippen LogP contribution in [-0.4, -0.2) is 49.2 Å². The van der Waals surface area contributed by atoms with Crippen LogP contribution >= 0.6 is 11.3 Å². The van der Waals surface area contributed by atoms with E-state index in [1.165, 1.54) is 0 Å². The predicted molar refractivity (Wildman–Crippen MR) is 141 cm³/mol. The molecule has 2 aromatic heterocycles. The van der Waals surface area contributed by atoms with Crippen molar-refractivity contribution in [2.24, 2.45) is 0 Å². The highest BCUT2D eigenvalue weighted by molar-refractivity contribution is 7.23. The average Bonchev–Trinajstić information content (AvgIpc) is 3.41. The second kappa shape index (κ2) is 8.89. The summed E-state index contributed by atoms with van der Waals surface area (Å²) in [6.07, 6.45) is -3.12. The van der Waals surface area contributed by atoms with E-state index in [9.17, 15) is 22.8 Å². The quantitative estimate of drug-likeness (QED) is 0.331. The van der Waals surface area contributed by atoms with Gasteiger partial charge in [-0.15, -0.1) is 11.3 Å². The number of nitrogens with zero attached hydrogens (tertiary/aromatic N) is 5. The number of hydrogen-bond donors (Lipinski definition) is 2. The first-order valence-corrected chi connectivity index (χ1v) is 13.0. The minimum absolute atomic E-state index is 0.0681. The van der Waals surface area contributed by atoms with E-state index in [4.69, 9.17) is 5.73 Å². The van der Waals surface area contributed by atoms with Crippen molar-refractivity contribution in [3.8, 4) is 17.2 Å². The molecule has 2 bridgehead atoms. The third kappa shape index (κ3) is 4.01. The van der Waals surface area contributed by atoms with E-state index in [-0.39, 0.29) is 61.0 Å². The number of piperazine rings is 1. The number of aromatic nitrogens is 2. The summed E-state index contributed by atoms with van der Waals surface area (Å²) in [5.74, 6) is -1.64. The smallest absolute Gasteiger partial charge is 0.389 e. The summed E-state index contributed by atoms with van der Waals surface area (Å²) in [5, 5.41) is 12.8. The van der Waals surface area contributed by atoms with Crippen LogP contribution in [0, 0.1) is 23.0 Å². The van der Waals surface area contributed by atoms with Crippen molar-refractivity contribution in [1.82, 2.24) is 15.3 Å². The summed E-state index contributed by atoms with van der Waals surface area (Å²) in [6.45, 7) is 1.02. The number of thiophene rings is 1. The van der Waals surface area contributed by atoms with Gasteiger partial charge in [0.05, 0.1) is 15.8 Å². The summed E-state index contributed by atoms with van der Waals surface area (Å²) >= 11 is 0.727. The monoisotopic (exact) mass is 559 g/mol. The summed E-state index contributed by atoms with van der Waals surface area (Å²) in [6, 6.07) is 5.01. The van der Waals surface area contributed by atoms with Gasteiger partial charge in [-0.05, 0) is 30.5 Å². The molecule has 0 amide bonds. The molecule has 7 nitrogen and oxygen atoms in total. The Bertz CT molecular complexity index is 1680. The van der Waals surface area contributed by atoms with Crippen molar-refractivity contribution in [3.63, 3.8) is 0 Å². The number of fused-ring (bicyclic) bond motifs is 4. The van der Waals surface area contributed by atoms with E-state index in [1.807, 2.05) is 11.0 Å². The van der Waals surface area contributed by atoms with Crippen LogP contribution in [0.15, 0.2) is 18.2 Å². The lowest BCUT2D eigenvalue weighted by Crippen LogP contribution is -2.51. The fraction of sp³-hybridized carbons (Fsp3) is 0.346. The largest absolute Gasteiger partial charge is 0.417 e. The number of alkyl halides is 3. The van der Waals surface area contributed by atoms with E-state index < -0.39 is 28.9 Å². The molecule has 0 unspecified atom stereocenters. The van der Waals surface area contributed by atoms with Crippen LogP contribution in [0.25, 0.3) is 32.1 Å². The van der Waals surface area contributed by atoms with E-state index in [1.54, 1.807) is 19.0 Å². The Balaban J connectivity index is 1.71. The fourth-order valence-corrected chi connectivity index (χ4v) is 6.56. The van der Waals surface area contributed by atoms with E-state index in [2.05, 4.69) is 15.3 Å². The number of benzene rings is 2. The van der Waals surface area contributed by atoms with E-state index in [0.29, 0.717) is 13.1 Å². The van der Waals surface area contributed by atoms with Gasteiger partial charge in [0.2, 0.25) is 5.95 Å². The Kier molecular flexibility index (Phi) is 5.82. The fourth-order valence-electron chi connectivity index (χ4n) is 5.61. The number of anilines is 3. The predicted octanol–water partition coefficient (Wildman–Crippen LogP) is 5.27. The lowest BCUT2D eigenvalue weighted by molar-refractivity contribution is -0.137. The van der Waals surface area contributed by atoms with E-state index in [0.717, 1.165) is 42.4 Å². The minimum atomic E-state index is -4.99. The third-order valence-electron chi connectivity index (χ3n) is 7.32. The van der Waals surface area contributed by atoms with Crippen LogP contribution in [0.5, 0.6) is 0 Å². The maximum absolute atomic E-state index is 16.5. The molecular formula is C26H22F5N7S. The number of halogens is 5. The van der Waals surface area contributed by atoms with Crippen LogP contribution in [-0.2, 0) is 6.18 Å². The SMILES string of the molecule is CN(C)c1nc(N2C[C@H]3CC[C@@H](C2)N3)c2cc(C(F)(F)F)c(-c3ccc(F)c4sc(N)c(C#N)c34)c(F)c2n1. The molecule has 4 aromatic rings. The number of nitrogens with one attached hydrogen (secondary N) is 1. The first kappa shape index (κ1) is 25.5. The lowest BCUT2D eigenvalue weighted by Gasteiger charge is -2.34. The highest BCUT2D eigenvalue weighted by atomic mass is 32.1. The zero-order valence-corrected chi connectivity index (χ0v) is 21.6. The zero-order valence-electron chi connectivity index (χ0n) is 20.8. The minimum Gasteiger partial charge on any atom is -0.389 e. The van der Waals surface area contributed by atoms with Crippen molar-refractivity contribution in [2.75, 3.05) is 42.7 Å². The highest BCUT2D eigenvalue weighted by Gasteiger charge is 2.39. The standard InChI is InChI=1S/C26H22F5N7S/c1-37(2)25-35-21-14(24(36-25)38-9-11-3-4-12(10-38)34-11)7-16(26(29,30)31)19(20(21)28)13-5-6-17(27)22-18(13)15(8-32)23(33)39-22/h5-7,11-12,34H,3-4,9-10,33H2,1-2H3/t11-,12+. The number of nitrogens with two attached hydrogens (primary N) is 1. The summed E-state index contributed by atoms with van der Waals surface area (Å²) in [4.78, 5) is 12.3. The Morgan fingerprint density at radius 1 is 1.15 bits per heavy atom. The van der Waals surface area contributed by atoms with Crippen LogP contribution in [0.1, 0.15) is 24.0 Å². The Labute approximate surface area is 223 Å². The molecule has 0 saturated carbocycles. The van der Waals surface area contributed by atoms with Crippen molar-refractivity contribution in [1.29, 1.82) is 5.26 Å². The van der Waals surface area contributed by atoms with Crippen molar-refractivity contribution < 1.29 is 22.0 Å². The maximum Gasteiger partial charge on any atom is 0.417 e. The van der Waals surface area contributed by atoms with Crippen LogP contribution < -0.4 is 20.9 Å². The Hall–Kier alpha value is -3.76. The summed E-state index contributed by atoms with van der Waals surface area (Å²) in [5.41, 5.74) is 3.03.